The molecule has 9 rings (SSSR count). The molecule has 216 valence electrons. The van der Waals surface area contributed by atoms with Crippen LogP contribution >= 0.6 is 24.8 Å². The monoisotopic (exact) mass is 760 g/mol. The molecular weight excluding hydrogens is 718 g/mol. The third-order valence-electron chi connectivity index (χ3n) is 12.0. The van der Waals surface area contributed by atoms with Crippen LogP contribution in [0.5, 0.6) is 0 Å². The van der Waals surface area contributed by atoms with Crippen LogP contribution in [0.1, 0.15) is 87.4 Å². The van der Waals surface area contributed by atoms with Crippen LogP contribution in [-0.4, -0.2) is 0 Å². The van der Waals surface area contributed by atoms with E-state index in [9.17, 15) is 0 Å². The van der Waals surface area contributed by atoms with Gasteiger partial charge in [0.2, 0.25) is 0 Å². The summed E-state index contributed by atoms with van der Waals surface area (Å²) >= 11 is -2.99. The van der Waals surface area contributed by atoms with Crippen LogP contribution in [0.3, 0.4) is 0 Å². The van der Waals surface area contributed by atoms with Gasteiger partial charge in [0, 0.05) is 0 Å². The standard InChI is InChI=1S/2C18H17.C3H6.2ClH.Hf/c2*1-2-6-13(5-1)16-11-15-10-9-14-7-3-4-8-17(14)18(15)12-16;1-3-2;;;/h2*3-4,7-13H,1-2,5-6H2;1-3H2;2*1H;. The summed E-state index contributed by atoms with van der Waals surface area (Å²) < 4.78 is 4.76. The summed E-state index contributed by atoms with van der Waals surface area (Å²) in [7, 11) is 0. The first-order valence-electron chi connectivity index (χ1n) is 16.3. The van der Waals surface area contributed by atoms with Crippen LogP contribution in [0.2, 0.25) is 8.35 Å². The van der Waals surface area contributed by atoms with Gasteiger partial charge in [-0.15, -0.1) is 24.8 Å². The van der Waals surface area contributed by atoms with Gasteiger partial charge in [0.05, 0.1) is 0 Å². The van der Waals surface area contributed by atoms with Crippen LogP contribution in [0.15, 0.2) is 83.9 Å². The second kappa shape index (κ2) is 11.4. The Kier molecular flexibility index (Phi) is 7.86. The van der Waals surface area contributed by atoms with E-state index in [1.165, 1.54) is 79.3 Å². The van der Waals surface area contributed by atoms with E-state index in [2.05, 4.69) is 84.9 Å². The van der Waals surface area contributed by atoms with Crippen LogP contribution in [0.25, 0.3) is 33.7 Å². The SMILES string of the molecule is C1=C(C2CCCC2)[CH]([Hf]2([CH]3C(C4CCCC4)=Cc4c3ccc3ccccc43)[CH2]C[CH2]2)c2ccc3ccccc3c21.Cl.Cl. The molecule has 1 heterocycles. The molecule has 0 aromatic heterocycles. The fourth-order valence-electron chi connectivity index (χ4n) is 10.1. The van der Waals surface area contributed by atoms with E-state index in [-0.39, 0.29) is 24.8 Å². The minimum atomic E-state index is -2.99. The van der Waals surface area contributed by atoms with Gasteiger partial charge in [-0.1, -0.05) is 0 Å². The zero-order valence-electron chi connectivity index (χ0n) is 24.5. The molecule has 4 aliphatic carbocycles. The summed E-state index contributed by atoms with van der Waals surface area (Å²) in [6.45, 7) is 0. The Bertz CT molecular complexity index is 1590. The second-order valence-corrected chi connectivity index (χ2v) is 30.4. The summed E-state index contributed by atoms with van der Waals surface area (Å²) in [6.07, 6.45) is 18.5. The average Bonchev–Trinajstić information content (AvgIpc) is 3.78. The molecule has 0 bridgehead atoms. The Hall–Kier alpha value is -1.67. The van der Waals surface area contributed by atoms with Crippen molar-refractivity contribution in [3.63, 3.8) is 0 Å². The van der Waals surface area contributed by atoms with Gasteiger partial charge in [-0.05, 0) is 0 Å². The number of hydrogen-bond donors (Lipinski definition) is 0. The molecule has 42 heavy (non-hydrogen) atoms. The molecule has 0 amide bonds. The van der Waals surface area contributed by atoms with E-state index in [4.69, 9.17) is 0 Å². The van der Waals surface area contributed by atoms with Crippen LogP contribution in [-0.2, 0) is 20.0 Å². The Labute approximate surface area is 268 Å². The van der Waals surface area contributed by atoms with Crippen LogP contribution in [0.4, 0.5) is 0 Å². The number of rotatable bonds is 4. The molecule has 2 unspecified atom stereocenters. The average molecular weight is 760 g/mol. The Morgan fingerprint density at radius 2 is 0.905 bits per heavy atom. The molecule has 1 saturated heterocycles. The van der Waals surface area contributed by atoms with Crippen molar-refractivity contribution in [2.24, 2.45) is 11.8 Å². The van der Waals surface area contributed by atoms with E-state index in [0.717, 1.165) is 19.2 Å². The zero-order valence-corrected chi connectivity index (χ0v) is 29.7. The first-order valence-corrected chi connectivity index (χ1v) is 25.5. The largest absolute Gasteiger partial charge is 0.147 e. The number of fused-ring (bicyclic) bond motifs is 6. The van der Waals surface area contributed by atoms with Gasteiger partial charge < -0.3 is 0 Å². The molecule has 0 spiro atoms. The number of hydrogen-bond acceptors (Lipinski definition) is 0. The first kappa shape index (κ1) is 29.1. The van der Waals surface area contributed by atoms with Crippen molar-refractivity contribution in [3.05, 3.63) is 106 Å². The number of halogens is 2. The molecule has 5 aliphatic rings. The zero-order chi connectivity index (χ0) is 26.3. The maximum atomic E-state index is 2.77. The smallest absolute Gasteiger partial charge is 0.147 e. The number of allylic oxidation sites excluding steroid dienone is 2. The van der Waals surface area contributed by atoms with Gasteiger partial charge in [0.25, 0.3) is 0 Å². The van der Waals surface area contributed by atoms with E-state index in [1.807, 2.05) is 11.1 Å². The summed E-state index contributed by atoms with van der Waals surface area (Å²) in [6, 6.07) is 28.6. The Morgan fingerprint density at radius 3 is 1.31 bits per heavy atom. The topological polar surface area (TPSA) is 0 Å². The molecule has 0 N–H and O–H groups in total. The molecule has 0 nitrogen and oxygen atoms in total. The minimum Gasteiger partial charge on any atom is -0.147 e. The van der Waals surface area contributed by atoms with Crippen molar-refractivity contribution in [2.45, 2.75) is 73.5 Å². The fourth-order valence-corrected chi connectivity index (χ4v) is 33.0. The third kappa shape index (κ3) is 4.23. The van der Waals surface area contributed by atoms with Crippen molar-refractivity contribution in [1.29, 1.82) is 0 Å². The van der Waals surface area contributed by atoms with E-state index in [0.29, 0.717) is 0 Å². The Balaban J connectivity index is 0.00000144. The summed E-state index contributed by atoms with van der Waals surface area (Å²) in [4.78, 5) is 0. The second-order valence-electron chi connectivity index (χ2n) is 13.8. The third-order valence-corrected chi connectivity index (χ3v) is 34.1. The normalized spacial score (nSPS) is 24.5. The van der Waals surface area contributed by atoms with Crippen LogP contribution < -0.4 is 0 Å². The molecule has 1 aliphatic heterocycles. The van der Waals surface area contributed by atoms with E-state index < -0.39 is 20.0 Å². The van der Waals surface area contributed by atoms with Crippen molar-refractivity contribution in [3.8, 4) is 0 Å². The van der Waals surface area contributed by atoms with Crippen LogP contribution in [0, 0.1) is 11.8 Å². The molecule has 2 atom stereocenters. The predicted molar refractivity (Wildman–Crippen MR) is 182 cm³/mol. The van der Waals surface area contributed by atoms with Gasteiger partial charge in [-0.25, -0.2) is 0 Å². The number of benzene rings is 4. The molecule has 3 fully saturated rings. The molecule has 4 aromatic rings. The van der Waals surface area contributed by atoms with Gasteiger partial charge in [0.1, 0.15) is 0 Å². The van der Waals surface area contributed by atoms with Crippen molar-refractivity contribution >= 4 is 58.5 Å². The molecule has 4 aromatic carbocycles. The van der Waals surface area contributed by atoms with Crippen molar-refractivity contribution < 1.29 is 20.0 Å². The summed E-state index contributed by atoms with van der Waals surface area (Å²) in [5.41, 5.74) is 10.5. The fraction of sp³-hybridized carbons (Fsp3) is 0.385. The van der Waals surface area contributed by atoms with Crippen molar-refractivity contribution in [1.82, 2.24) is 0 Å². The molecular formula is C39H42Cl2Hf. The van der Waals surface area contributed by atoms with Crippen molar-refractivity contribution in [2.75, 3.05) is 0 Å². The maximum Gasteiger partial charge on any atom is -0.147 e. The molecule has 3 heteroatoms. The Morgan fingerprint density at radius 1 is 0.476 bits per heavy atom. The van der Waals surface area contributed by atoms with Gasteiger partial charge in [-0.2, -0.15) is 0 Å². The summed E-state index contributed by atoms with van der Waals surface area (Å²) in [5, 5.41) is 5.86. The summed E-state index contributed by atoms with van der Waals surface area (Å²) in [5.74, 6) is 1.65. The predicted octanol–water partition coefficient (Wildman–Crippen LogP) is 12.2. The maximum absolute atomic E-state index is 2.99. The molecule has 0 radical (unpaired) electrons. The van der Waals surface area contributed by atoms with Gasteiger partial charge in [0.15, 0.2) is 0 Å². The quantitative estimate of drug-likeness (QED) is 0.182. The molecule has 2 saturated carbocycles. The van der Waals surface area contributed by atoms with E-state index in [1.54, 1.807) is 30.6 Å². The first-order chi connectivity index (χ1) is 19.8. The van der Waals surface area contributed by atoms with Gasteiger partial charge >= 0.3 is 245 Å². The minimum absolute atomic E-state index is 0. The van der Waals surface area contributed by atoms with E-state index >= 15 is 0 Å². The van der Waals surface area contributed by atoms with Gasteiger partial charge in [-0.3, -0.25) is 0 Å².